The van der Waals surface area contributed by atoms with Crippen molar-refractivity contribution in [3.05, 3.63) is 54.6 Å². The van der Waals surface area contributed by atoms with Gasteiger partial charge < -0.3 is 25.0 Å². The number of anilines is 1. The Morgan fingerprint density at radius 3 is 2.37 bits per heavy atom. The van der Waals surface area contributed by atoms with Crippen LogP contribution in [-0.2, 0) is 9.59 Å². The number of carbonyl (C=O) groups is 3. The van der Waals surface area contributed by atoms with Gasteiger partial charge >= 0.3 is 17.9 Å². The normalized spacial score (nSPS) is 14.0. The van der Waals surface area contributed by atoms with Gasteiger partial charge in [0.15, 0.2) is 0 Å². The minimum absolute atomic E-state index is 0.194. The molecule has 2 N–H and O–H groups in total. The second kappa shape index (κ2) is 10.3. The van der Waals surface area contributed by atoms with Crippen LogP contribution >= 0.6 is 0 Å². The third kappa shape index (κ3) is 5.97. The molecule has 30 heavy (non-hydrogen) atoms. The lowest BCUT2D eigenvalue weighted by molar-refractivity contribution is -0.136. The molecule has 8 heteroatoms. The Hall–Kier alpha value is -3.55. The molecule has 1 aliphatic rings. The van der Waals surface area contributed by atoms with Gasteiger partial charge in [0, 0.05) is 31.4 Å². The molecule has 1 saturated heterocycles. The Labute approximate surface area is 175 Å². The van der Waals surface area contributed by atoms with Gasteiger partial charge in [-0.1, -0.05) is 24.3 Å². The minimum atomic E-state index is -0.730. The molecule has 0 aliphatic carbocycles. The van der Waals surface area contributed by atoms with Crippen LogP contribution in [-0.4, -0.2) is 49.6 Å². The first-order valence-electron chi connectivity index (χ1n) is 9.80. The van der Waals surface area contributed by atoms with Gasteiger partial charge in [-0.3, -0.25) is 9.59 Å². The molecule has 0 atom stereocenters. The van der Waals surface area contributed by atoms with Crippen LogP contribution in [0.15, 0.2) is 54.6 Å². The first-order valence-corrected chi connectivity index (χ1v) is 9.80. The van der Waals surface area contributed by atoms with Crippen molar-refractivity contribution < 1.29 is 23.9 Å². The van der Waals surface area contributed by atoms with E-state index in [0.717, 1.165) is 12.8 Å². The average Bonchev–Trinajstić information content (AvgIpc) is 2.78. The lowest BCUT2D eigenvalue weighted by atomic mass is 9.97. The summed E-state index contributed by atoms with van der Waals surface area (Å²) < 4.78 is 10.4. The molecule has 1 fully saturated rings. The Balaban J connectivity index is 1.39. The molecule has 3 rings (SSSR count). The molecular weight excluding hydrogens is 386 g/mol. The van der Waals surface area contributed by atoms with E-state index < -0.39 is 11.8 Å². The summed E-state index contributed by atoms with van der Waals surface area (Å²) >= 11 is 0. The van der Waals surface area contributed by atoms with Gasteiger partial charge in [-0.25, -0.2) is 4.79 Å². The van der Waals surface area contributed by atoms with Crippen molar-refractivity contribution in [2.24, 2.45) is 5.92 Å². The van der Waals surface area contributed by atoms with Gasteiger partial charge in [-0.2, -0.15) is 0 Å². The van der Waals surface area contributed by atoms with Crippen LogP contribution in [0, 0.1) is 5.92 Å². The summed E-state index contributed by atoms with van der Waals surface area (Å²) in [6.07, 6.45) is 1.07. The van der Waals surface area contributed by atoms with Gasteiger partial charge in [0.05, 0.1) is 7.11 Å². The first kappa shape index (κ1) is 21.2. The number of methoxy groups -OCH3 is 1. The van der Waals surface area contributed by atoms with Gasteiger partial charge in [0.1, 0.15) is 11.5 Å². The maximum Gasteiger partial charge on any atom is 0.415 e. The third-order valence-corrected chi connectivity index (χ3v) is 4.91. The Morgan fingerprint density at radius 2 is 1.67 bits per heavy atom. The summed E-state index contributed by atoms with van der Waals surface area (Å²) in [4.78, 5) is 38.0. The number of carbonyl (C=O) groups excluding carboxylic acids is 3. The van der Waals surface area contributed by atoms with Gasteiger partial charge in [-0.15, -0.1) is 0 Å². The zero-order valence-electron chi connectivity index (χ0n) is 16.8. The molecule has 158 valence electrons. The number of piperidine rings is 1. The summed E-state index contributed by atoms with van der Waals surface area (Å²) in [6, 6.07) is 15.7. The fraction of sp³-hybridized carbons (Fsp3) is 0.318. The van der Waals surface area contributed by atoms with Crippen molar-refractivity contribution in [2.45, 2.75) is 12.8 Å². The van der Waals surface area contributed by atoms with Crippen molar-refractivity contribution in [1.29, 1.82) is 0 Å². The molecule has 2 aromatic carbocycles. The number of ether oxygens (including phenoxy) is 2. The molecule has 0 spiro atoms. The molecule has 1 heterocycles. The van der Waals surface area contributed by atoms with Crippen molar-refractivity contribution >= 4 is 23.6 Å². The molecule has 0 unspecified atom stereocenters. The standard InChI is InChI=1S/C22H25N3O5/c1-29-19-9-5-6-17(14-19)24-21(27)20(26)23-15-16-10-12-25(13-11-16)22(28)30-18-7-3-2-4-8-18/h2-9,14,16H,10-13,15H2,1H3,(H,23,26)(H,24,27). The number of likely N-dealkylation sites (tertiary alicyclic amines) is 1. The third-order valence-electron chi connectivity index (χ3n) is 4.91. The summed E-state index contributed by atoms with van der Waals surface area (Å²) in [5, 5.41) is 5.22. The predicted octanol–water partition coefficient (Wildman–Crippen LogP) is 2.66. The smallest absolute Gasteiger partial charge is 0.415 e. The Kier molecular flexibility index (Phi) is 7.26. The van der Waals surface area contributed by atoms with E-state index in [9.17, 15) is 14.4 Å². The highest BCUT2D eigenvalue weighted by Gasteiger charge is 2.25. The molecule has 3 amide bonds. The van der Waals surface area contributed by atoms with Crippen molar-refractivity contribution in [3.8, 4) is 11.5 Å². The monoisotopic (exact) mass is 411 g/mol. The second-order valence-electron chi connectivity index (χ2n) is 7.01. The number of para-hydroxylation sites is 1. The zero-order chi connectivity index (χ0) is 21.3. The number of nitrogens with zero attached hydrogens (tertiary/aromatic N) is 1. The van der Waals surface area contributed by atoms with E-state index in [1.807, 2.05) is 18.2 Å². The highest BCUT2D eigenvalue weighted by molar-refractivity contribution is 6.39. The van der Waals surface area contributed by atoms with Gasteiger partial charge in [0.25, 0.3) is 0 Å². The second-order valence-corrected chi connectivity index (χ2v) is 7.01. The summed E-state index contributed by atoms with van der Waals surface area (Å²) in [5.41, 5.74) is 0.486. The lowest BCUT2D eigenvalue weighted by Gasteiger charge is -2.31. The fourth-order valence-electron chi connectivity index (χ4n) is 3.18. The van der Waals surface area contributed by atoms with Crippen LogP contribution in [0.1, 0.15) is 12.8 Å². The number of benzene rings is 2. The van der Waals surface area contributed by atoms with Crippen molar-refractivity contribution in [2.75, 3.05) is 32.1 Å². The van der Waals surface area contributed by atoms with Crippen LogP contribution in [0.4, 0.5) is 10.5 Å². The van der Waals surface area contributed by atoms with Gasteiger partial charge in [0.2, 0.25) is 0 Å². The van der Waals surface area contributed by atoms with E-state index in [1.165, 1.54) is 7.11 Å². The van der Waals surface area contributed by atoms with E-state index in [1.54, 1.807) is 41.3 Å². The van der Waals surface area contributed by atoms with E-state index in [2.05, 4.69) is 10.6 Å². The van der Waals surface area contributed by atoms with E-state index in [4.69, 9.17) is 9.47 Å². The number of nitrogens with one attached hydrogen (secondary N) is 2. The number of amides is 3. The van der Waals surface area contributed by atoms with E-state index in [0.29, 0.717) is 36.8 Å². The first-order chi connectivity index (χ1) is 14.5. The molecule has 2 aromatic rings. The van der Waals surface area contributed by atoms with Crippen LogP contribution in [0.3, 0.4) is 0 Å². The van der Waals surface area contributed by atoms with Gasteiger partial charge in [-0.05, 0) is 43.0 Å². The predicted molar refractivity (Wildman–Crippen MR) is 111 cm³/mol. The highest BCUT2D eigenvalue weighted by atomic mass is 16.6. The van der Waals surface area contributed by atoms with Crippen molar-refractivity contribution in [3.63, 3.8) is 0 Å². The largest absolute Gasteiger partial charge is 0.497 e. The Morgan fingerprint density at radius 1 is 0.967 bits per heavy atom. The molecule has 0 radical (unpaired) electrons. The summed E-state index contributed by atoms with van der Waals surface area (Å²) in [7, 11) is 1.53. The SMILES string of the molecule is COc1cccc(NC(=O)C(=O)NCC2CCN(C(=O)Oc3ccccc3)CC2)c1. The molecule has 0 bridgehead atoms. The molecular formula is C22H25N3O5. The maximum absolute atomic E-state index is 12.2. The lowest BCUT2D eigenvalue weighted by Crippen LogP contribution is -2.44. The van der Waals surface area contributed by atoms with Crippen LogP contribution in [0.25, 0.3) is 0 Å². The van der Waals surface area contributed by atoms with Crippen molar-refractivity contribution in [1.82, 2.24) is 10.2 Å². The van der Waals surface area contributed by atoms with E-state index in [-0.39, 0.29) is 12.0 Å². The Bertz CT molecular complexity index is 879. The van der Waals surface area contributed by atoms with E-state index >= 15 is 0 Å². The average molecular weight is 411 g/mol. The van der Waals surface area contributed by atoms with Crippen LogP contribution < -0.4 is 20.1 Å². The molecule has 8 nitrogen and oxygen atoms in total. The molecule has 0 aromatic heterocycles. The van der Waals surface area contributed by atoms with Crippen LogP contribution in [0.2, 0.25) is 0 Å². The van der Waals surface area contributed by atoms with Crippen LogP contribution in [0.5, 0.6) is 11.5 Å². The molecule has 0 saturated carbocycles. The maximum atomic E-state index is 12.2. The summed E-state index contributed by atoms with van der Waals surface area (Å²) in [6.45, 7) is 1.47. The zero-order valence-corrected chi connectivity index (χ0v) is 16.8. The quantitative estimate of drug-likeness (QED) is 0.738. The highest BCUT2D eigenvalue weighted by Crippen LogP contribution is 2.19. The number of hydrogen-bond donors (Lipinski definition) is 2. The fourth-order valence-corrected chi connectivity index (χ4v) is 3.18. The number of hydrogen-bond acceptors (Lipinski definition) is 5. The molecule has 1 aliphatic heterocycles. The summed E-state index contributed by atoms with van der Waals surface area (Å²) in [5.74, 6) is -0.125. The number of rotatable bonds is 5. The topological polar surface area (TPSA) is 97.0 Å². The minimum Gasteiger partial charge on any atom is -0.497 e.